The van der Waals surface area contributed by atoms with Gasteiger partial charge in [0.15, 0.2) is 6.10 Å². The molecule has 5 nitrogen and oxygen atoms in total. The summed E-state index contributed by atoms with van der Waals surface area (Å²) < 4.78 is 10.6. The van der Waals surface area contributed by atoms with Crippen LogP contribution in [-0.4, -0.2) is 36.4 Å². The predicted octanol–water partition coefficient (Wildman–Crippen LogP) is 14.7. The van der Waals surface area contributed by atoms with Crippen molar-refractivity contribution in [2.24, 2.45) is 0 Å². The van der Waals surface area contributed by atoms with E-state index >= 15 is 0 Å². The summed E-state index contributed by atoms with van der Waals surface area (Å²) in [5, 5.41) is 9.58. The van der Waals surface area contributed by atoms with Gasteiger partial charge in [0, 0.05) is 12.8 Å². The van der Waals surface area contributed by atoms with Crippen LogP contribution in [0.1, 0.15) is 219 Å². The molecule has 0 aromatic rings. The Bertz CT molecular complexity index is 946. The quantitative estimate of drug-likeness (QED) is 0.0382. The topological polar surface area (TPSA) is 72.8 Å². The second-order valence-corrected chi connectivity index (χ2v) is 15.1. The van der Waals surface area contributed by atoms with Crippen LogP contribution in [0.5, 0.6) is 0 Å². The maximum atomic E-state index is 12.2. The number of unbranched alkanes of at least 4 members (excludes halogenated alkanes) is 23. The van der Waals surface area contributed by atoms with Gasteiger partial charge in [-0.3, -0.25) is 9.59 Å². The zero-order valence-electron chi connectivity index (χ0n) is 35.5. The minimum absolute atomic E-state index is 0.0973. The third-order valence-electron chi connectivity index (χ3n) is 9.76. The first-order valence-corrected chi connectivity index (χ1v) is 22.8. The summed E-state index contributed by atoms with van der Waals surface area (Å²) >= 11 is 0. The highest BCUT2D eigenvalue weighted by Gasteiger charge is 2.16. The molecule has 0 aliphatic rings. The van der Waals surface area contributed by atoms with Crippen LogP contribution in [0.2, 0.25) is 0 Å². The maximum Gasteiger partial charge on any atom is 0.306 e. The van der Waals surface area contributed by atoms with Gasteiger partial charge in [-0.1, -0.05) is 184 Å². The molecular weight excluding hydrogens is 669 g/mol. The van der Waals surface area contributed by atoms with Gasteiger partial charge >= 0.3 is 11.9 Å². The summed E-state index contributed by atoms with van der Waals surface area (Å²) in [6, 6.07) is 0. The van der Waals surface area contributed by atoms with E-state index in [-0.39, 0.29) is 25.2 Å². The molecule has 0 fully saturated rings. The van der Waals surface area contributed by atoms with Crippen LogP contribution >= 0.6 is 0 Å². The molecule has 0 bridgehead atoms. The van der Waals surface area contributed by atoms with Gasteiger partial charge in [-0.25, -0.2) is 0 Å². The predicted molar refractivity (Wildman–Crippen MR) is 233 cm³/mol. The third-order valence-corrected chi connectivity index (χ3v) is 9.76. The highest BCUT2D eigenvalue weighted by molar-refractivity contribution is 5.70. The lowest BCUT2D eigenvalue weighted by molar-refractivity contribution is -0.161. The van der Waals surface area contributed by atoms with Gasteiger partial charge in [0.05, 0.1) is 6.61 Å². The van der Waals surface area contributed by atoms with Gasteiger partial charge in [0.25, 0.3) is 0 Å². The van der Waals surface area contributed by atoms with Crippen molar-refractivity contribution in [1.82, 2.24) is 0 Å². The molecule has 5 heteroatoms. The number of carbonyl (C=O) groups excluding carboxylic acids is 2. The summed E-state index contributed by atoms with van der Waals surface area (Å²) in [6.45, 7) is 4.07. The average molecular weight is 755 g/mol. The Balaban J connectivity index is 3.61. The van der Waals surface area contributed by atoms with Gasteiger partial charge < -0.3 is 14.6 Å². The number of rotatable bonds is 41. The van der Waals surface area contributed by atoms with E-state index in [1.165, 1.54) is 122 Å². The Morgan fingerprint density at radius 1 is 0.426 bits per heavy atom. The molecule has 312 valence electrons. The normalized spacial score (nSPS) is 12.7. The maximum absolute atomic E-state index is 12.2. The second-order valence-electron chi connectivity index (χ2n) is 15.1. The van der Waals surface area contributed by atoms with Crippen LogP contribution in [0.25, 0.3) is 0 Å². The minimum atomic E-state index is -0.801. The Kier molecular flexibility index (Phi) is 43.0. The van der Waals surface area contributed by atoms with E-state index in [0.717, 1.165) is 70.6 Å². The summed E-state index contributed by atoms with van der Waals surface area (Å²) in [4.78, 5) is 24.3. The molecule has 1 atom stereocenters. The number of ether oxygens (including phenoxy) is 2. The highest BCUT2D eigenvalue weighted by Crippen LogP contribution is 2.14. The smallest absolute Gasteiger partial charge is 0.306 e. The van der Waals surface area contributed by atoms with Crippen molar-refractivity contribution in [2.45, 2.75) is 225 Å². The number of hydrogen-bond acceptors (Lipinski definition) is 5. The number of aliphatic hydroxyl groups is 1. The lowest BCUT2D eigenvalue weighted by Crippen LogP contribution is -2.28. The number of carbonyl (C=O) groups is 2. The molecule has 0 heterocycles. The Morgan fingerprint density at radius 2 is 0.778 bits per heavy atom. The van der Waals surface area contributed by atoms with Gasteiger partial charge in [-0.15, -0.1) is 0 Å². The fraction of sp³-hybridized carbons (Fsp3) is 0.755. The standard InChI is InChI=1S/C49H86O5/c1-3-5-7-9-11-13-15-17-19-21-22-23-24-25-26-28-29-31-33-35-37-39-41-43-48(51)53-46-47(45-50)54-49(52)44-42-40-38-36-34-32-30-27-20-18-16-14-12-10-8-6-4-2/h12,14,18,20,28-30,32,35,37,47,50H,3-11,13,15-17,19,21-27,31,33-34,36,38-46H2,1-2H3/b14-12+,20-18+,29-28+,32-30+,37-35+/t47-/m0/s1. The summed E-state index contributed by atoms with van der Waals surface area (Å²) in [5.74, 6) is -0.665. The van der Waals surface area contributed by atoms with Crippen molar-refractivity contribution in [1.29, 1.82) is 0 Å². The van der Waals surface area contributed by atoms with Crippen molar-refractivity contribution in [2.75, 3.05) is 13.2 Å². The van der Waals surface area contributed by atoms with Crippen molar-refractivity contribution in [3.63, 3.8) is 0 Å². The van der Waals surface area contributed by atoms with Crippen molar-refractivity contribution in [3.05, 3.63) is 60.8 Å². The largest absolute Gasteiger partial charge is 0.462 e. The molecule has 0 aromatic heterocycles. The lowest BCUT2D eigenvalue weighted by atomic mass is 10.0. The fourth-order valence-corrected chi connectivity index (χ4v) is 6.29. The van der Waals surface area contributed by atoms with Crippen LogP contribution in [0.15, 0.2) is 60.8 Å². The van der Waals surface area contributed by atoms with Gasteiger partial charge in [-0.2, -0.15) is 0 Å². The number of hydrogen-bond donors (Lipinski definition) is 1. The Hall–Kier alpha value is -2.40. The van der Waals surface area contributed by atoms with Crippen LogP contribution < -0.4 is 0 Å². The van der Waals surface area contributed by atoms with Crippen LogP contribution in [0, 0.1) is 0 Å². The second kappa shape index (κ2) is 45.0. The zero-order chi connectivity index (χ0) is 39.3. The molecule has 0 aliphatic heterocycles. The molecule has 0 radical (unpaired) electrons. The fourth-order valence-electron chi connectivity index (χ4n) is 6.29. The van der Waals surface area contributed by atoms with E-state index in [2.05, 4.69) is 74.6 Å². The summed E-state index contributed by atoms with van der Waals surface area (Å²) in [5.41, 5.74) is 0. The molecule has 54 heavy (non-hydrogen) atoms. The van der Waals surface area contributed by atoms with E-state index < -0.39 is 6.10 Å². The average Bonchev–Trinajstić information content (AvgIpc) is 3.17. The number of allylic oxidation sites excluding steroid dienone is 10. The van der Waals surface area contributed by atoms with E-state index in [1.54, 1.807) is 0 Å². The molecule has 0 aromatic carbocycles. The Morgan fingerprint density at radius 3 is 1.28 bits per heavy atom. The summed E-state index contributed by atoms with van der Waals surface area (Å²) in [7, 11) is 0. The van der Waals surface area contributed by atoms with Crippen molar-refractivity contribution in [3.8, 4) is 0 Å². The zero-order valence-corrected chi connectivity index (χ0v) is 35.5. The molecule has 0 amide bonds. The van der Waals surface area contributed by atoms with Crippen LogP contribution in [0.4, 0.5) is 0 Å². The first kappa shape index (κ1) is 51.6. The molecule has 0 saturated carbocycles. The Labute approximate surface area is 334 Å². The van der Waals surface area contributed by atoms with E-state index in [4.69, 9.17) is 9.47 Å². The first-order valence-electron chi connectivity index (χ1n) is 22.8. The molecular formula is C49H86O5. The van der Waals surface area contributed by atoms with Gasteiger partial charge in [-0.05, 0) is 83.5 Å². The van der Waals surface area contributed by atoms with Crippen LogP contribution in [0.3, 0.4) is 0 Å². The lowest BCUT2D eigenvalue weighted by Gasteiger charge is -2.15. The number of aliphatic hydroxyl groups excluding tert-OH is 1. The molecule has 0 unspecified atom stereocenters. The van der Waals surface area contributed by atoms with E-state index in [1.807, 2.05) is 0 Å². The minimum Gasteiger partial charge on any atom is -0.462 e. The third kappa shape index (κ3) is 42.3. The molecule has 0 rings (SSSR count). The van der Waals surface area contributed by atoms with E-state index in [0.29, 0.717) is 12.8 Å². The molecule has 0 saturated heterocycles. The molecule has 1 N–H and O–H groups in total. The highest BCUT2D eigenvalue weighted by atomic mass is 16.6. The van der Waals surface area contributed by atoms with Crippen LogP contribution in [-0.2, 0) is 19.1 Å². The number of esters is 2. The summed E-state index contributed by atoms with van der Waals surface area (Å²) in [6.07, 6.45) is 58.8. The first-order chi connectivity index (χ1) is 26.6. The molecule has 0 spiro atoms. The van der Waals surface area contributed by atoms with E-state index in [9.17, 15) is 14.7 Å². The van der Waals surface area contributed by atoms with Crippen molar-refractivity contribution < 1.29 is 24.2 Å². The van der Waals surface area contributed by atoms with Gasteiger partial charge in [0.1, 0.15) is 6.61 Å². The van der Waals surface area contributed by atoms with Crippen molar-refractivity contribution >= 4 is 11.9 Å². The van der Waals surface area contributed by atoms with Gasteiger partial charge in [0.2, 0.25) is 0 Å². The molecule has 0 aliphatic carbocycles. The monoisotopic (exact) mass is 755 g/mol. The SMILES string of the molecule is CCCCC/C=C/C/C=C/C/C=C/CCCCCCC(=O)O[C@@H](CO)COC(=O)CCC/C=C/CC/C=C/CCCCCCCCCCCCCCCC.